The maximum Gasteiger partial charge on any atom is 0.337 e. The Hall–Kier alpha value is -2.52. The monoisotopic (exact) mass is 560 g/mol. The second-order valence-corrected chi connectivity index (χ2v) is 12.0. The number of nitrogens with zero attached hydrogens (tertiary/aromatic N) is 3. The van der Waals surface area contributed by atoms with Crippen LogP contribution in [0.2, 0.25) is 0 Å². The SMILES string of the molecule is CCN(CC)S(=O)(=O)c1cc(C)c(NC2=C(C(=O)OC)CN(CCO)C2=O)cc1S(=O)(=O)N(CC)CC. The summed E-state index contributed by atoms with van der Waals surface area (Å²) >= 11 is 0. The van der Waals surface area contributed by atoms with Gasteiger partial charge in [0, 0.05) is 38.4 Å². The lowest BCUT2D eigenvalue weighted by Crippen LogP contribution is -2.35. The second-order valence-electron chi connectivity index (χ2n) is 8.21. The Morgan fingerprint density at radius 3 is 1.92 bits per heavy atom. The van der Waals surface area contributed by atoms with E-state index in [4.69, 9.17) is 4.74 Å². The number of nitrogens with one attached hydrogen (secondary N) is 1. The van der Waals surface area contributed by atoms with Crippen LogP contribution >= 0.6 is 0 Å². The fraction of sp³-hybridized carbons (Fsp3) is 0.565. The van der Waals surface area contributed by atoms with E-state index in [0.29, 0.717) is 5.56 Å². The van der Waals surface area contributed by atoms with Crippen LogP contribution in [0.4, 0.5) is 5.69 Å². The molecule has 1 amide bonds. The van der Waals surface area contributed by atoms with Crippen molar-refractivity contribution in [2.24, 2.45) is 0 Å². The molecule has 1 aromatic rings. The van der Waals surface area contributed by atoms with Gasteiger partial charge >= 0.3 is 5.97 Å². The van der Waals surface area contributed by atoms with Gasteiger partial charge in [0.1, 0.15) is 15.5 Å². The highest BCUT2D eigenvalue weighted by molar-refractivity contribution is 7.92. The van der Waals surface area contributed by atoms with Gasteiger partial charge in [-0.15, -0.1) is 0 Å². The molecule has 0 atom stereocenters. The largest absolute Gasteiger partial charge is 0.466 e. The highest BCUT2D eigenvalue weighted by atomic mass is 32.2. The van der Waals surface area contributed by atoms with Gasteiger partial charge in [-0.3, -0.25) is 4.79 Å². The predicted molar refractivity (Wildman–Crippen MR) is 138 cm³/mol. The lowest BCUT2D eigenvalue weighted by Gasteiger charge is -2.25. The number of aliphatic hydroxyl groups is 1. The number of esters is 1. The number of sulfonamides is 2. The lowest BCUT2D eigenvalue weighted by molar-refractivity contribution is -0.136. The molecule has 0 saturated carbocycles. The topological polar surface area (TPSA) is 154 Å². The van der Waals surface area contributed by atoms with Crippen molar-refractivity contribution < 1.29 is 36.3 Å². The van der Waals surface area contributed by atoms with Crippen LogP contribution in [0.1, 0.15) is 33.3 Å². The summed E-state index contributed by atoms with van der Waals surface area (Å²) in [6.07, 6.45) is 0. The number of aliphatic hydroxyl groups excluding tert-OH is 1. The second kappa shape index (κ2) is 12.3. The number of hydrogen-bond donors (Lipinski definition) is 2. The van der Waals surface area contributed by atoms with Gasteiger partial charge in [0.15, 0.2) is 0 Å². The molecular weight excluding hydrogens is 524 g/mol. The number of ether oxygens (including phenoxy) is 1. The Labute approximate surface area is 219 Å². The number of methoxy groups -OCH3 is 1. The average molecular weight is 561 g/mol. The molecule has 0 spiro atoms. The molecule has 0 aliphatic carbocycles. The summed E-state index contributed by atoms with van der Waals surface area (Å²) in [6.45, 7) is 8.26. The Kier molecular flexibility index (Phi) is 10.2. The molecule has 208 valence electrons. The van der Waals surface area contributed by atoms with Crippen LogP contribution in [0.5, 0.6) is 0 Å². The first kappa shape index (κ1) is 30.7. The van der Waals surface area contributed by atoms with Crippen molar-refractivity contribution in [1.29, 1.82) is 0 Å². The number of rotatable bonds is 13. The highest BCUT2D eigenvalue weighted by Gasteiger charge is 2.37. The van der Waals surface area contributed by atoms with Crippen molar-refractivity contribution >= 4 is 37.6 Å². The molecule has 37 heavy (non-hydrogen) atoms. The molecule has 0 unspecified atom stereocenters. The van der Waals surface area contributed by atoms with E-state index >= 15 is 0 Å². The summed E-state index contributed by atoms with van der Waals surface area (Å²) in [5.74, 6) is -1.34. The van der Waals surface area contributed by atoms with Gasteiger partial charge in [-0.2, -0.15) is 8.61 Å². The van der Waals surface area contributed by atoms with Gasteiger partial charge in [0.25, 0.3) is 5.91 Å². The van der Waals surface area contributed by atoms with Gasteiger partial charge in [-0.1, -0.05) is 27.7 Å². The molecule has 1 aliphatic heterocycles. The summed E-state index contributed by atoms with van der Waals surface area (Å²) < 4.78 is 61.3. The van der Waals surface area contributed by atoms with Crippen LogP contribution in [-0.2, 0) is 34.4 Å². The maximum absolute atomic E-state index is 13.6. The zero-order chi connectivity index (χ0) is 28.1. The molecule has 0 aromatic heterocycles. The van der Waals surface area contributed by atoms with Gasteiger partial charge in [-0.25, -0.2) is 21.6 Å². The number of benzene rings is 1. The summed E-state index contributed by atoms with van der Waals surface area (Å²) in [7, 11) is -7.26. The smallest absolute Gasteiger partial charge is 0.337 e. The molecule has 0 saturated heterocycles. The number of anilines is 1. The molecule has 1 aliphatic rings. The van der Waals surface area contributed by atoms with Gasteiger partial charge < -0.3 is 20.1 Å². The van der Waals surface area contributed by atoms with Crippen molar-refractivity contribution in [1.82, 2.24) is 13.5 Å². The highest BCUT2D eigenvalue weighted by Crippen LogP contribution is 2.34. The fourth-order valence-corrected chi connectivity index (χ4v) is 7.85. The first-order valence-electron chi connectivity index (χ1n) is 12.0. The molecule has 1 aromatic carbocycles. The minimum Gasteiger partial charge on any atom is -0.466 e. The third-order valence-electron chi connectivity index (χ3n) is 6.15. The summed E-state index contributed by atoms with van der Waals surface area (Å²) in [4.78, 5) is 25.8. The van der Waals surface area contributed by atoms with Crippen molar-refractivity contribution in [2.45, 2.75) is 44.4 Å². The zero-order valence-electron chi connectivity index (χ0n) is 22.1. The van der Waals surface area contributed by atoms with Crippen LogP contribution < -0.4 is 5.32 Å². The van der Waals surface area contributed by atoms with Gasteiger partial charge in [-0.05, 0) is 24.6 Å². The van der Waals surface area contributed by atoms with Gasteiger partial charge in [0.2, 0.25) is 20.0 Å². The van der Waals surface area contributed by atoms with E-state index in [2.05, 4.69) is 5.32 Å². The van der Waals surface area contributed by atoms with Crippen molar-refractivity contribution in [3.63, 3.8) is 0 Å². The Balaban J connectivity index is 2.81. The number of aryl methyl sites for hydroxylation is 1. The molecule has 12 nitrogen and oxygen atoms in total. The molecule has 14 heteroatoms. The quantitative estimate of drug-likeness (QED) is 0.332. The minimum absolute atomic E-state index is 0.00772. The average Bonchev–Trinajstić information content (AvgIpc) is 3.15. The predicted octanol–water partition coefficient (Wildman–Crippen LogP) is 0.730. The Morgan fingerprint density at radius 1 is 1.00 bits per heavy atom. The first-order valence-corrected chi connectivity index (χ1v) is 14.9. The van der Waals surface area contributed by atoms with E-state index in [-0.39, 0.29) is 67.7 Å². The van der Waals surface area contributed by atoms with E-state index in [9.17, 15) is 31.5 Å². The molecule has 1 heterocycles. The Bertz CT molecular complexity index is 1270. The van der Waals surface area contributed by atoms with E-state index in [1.165, 1.54) is 28.4 Å². The summed E-state index contributed by atoms with van der Waals surface area (Å²) in [6, 6.07) is 2.44. The maximum atomic E-state index is 13.6. The molecule has 2 rings (SSSR count). The molecular formula is C23H36N4O8S2. The summed E-state index contributed by atoms with van der Waals surface area (Å²) in [5.41, 5.74) is 0.358. The van der Waals surface area contributed by atoms with Crippen molar-refractivity contribution in [3.05, 3.63) is 29.0 Å². The zero-order valence-corrected chi connectivity index (χ0v) is 23.7. The van der Waals surface area contributed by atoms with Crippen LogP contribution in [0.3, 0.4) is 0 Å². The third-order valence-corrected chi connectivity index (χ3v) is 10.5. The standard InChI is InChI=1S/C23H36N4O8S2/c1-7-26(8-2)36(31,32)19-13-16(5)18(14-20(19)37(33,34)27(9-3)10-4)24-21-17(23(30)35-6)15-25(11-12-28)22(21)29/h13-14,24,28H,7-12,15H2,1-6H3. The van der Waals surface area contributed by atoms with Crippen molar-refractivity contribution in [3.8, 4) is 0 Å². The number of carbonyl (C=O) groups excluding carboxylic acids is 2. The number of amides is 1. The van der Waals surface area contributed by atoms with E-state index in [1.807, 2.05) is 0 Å². The van der Waals surface area contributed by atoms with E-state index in [0.717, 1.165) is 4.31 Å². The first-order chi connectivity index (χ1) is 17.3. The van der Waals surface area contributed by atoms with Crippen LogP contribution in [0.15, 0.2) is 33.2 Å². The van der Waals surface area contributed by atoms with Crippen LogP contribution in [-0.4, -0.2) is 100 Å². The van der Waals surface area contributed by atoms with Crippen LogP contribution in [0.25, 0.3) is 0 Å². The third kappa shape index (κ3) is 5.98. The van der Waals surface area contributed by atoms with E-state index < -0.39 is 36.8 Å². The van der Waals surface area contributed by atoms with Crippen LogP contribution in [0, 0.1) is 6.92 Å². The molecule has 2 N–H and O–H groups in total. The molecule has 0 radical (unpaired) electrons. The van der Waals surface area contributed by atoms with Crippen molar-refractivity contribution in [2.75, 3.05) is 58.3 Å². The normalized spacial score (nSPS) is 14.7. The summed E-state index contributed by atoms with van der Waals surface area (Å²) in [5, 5.41) is 12.1. The number of carbonyl (C=O) groups is 2. The fourth-order valence-electron chi connectivity index (χ4n) is 4.09. The Morgan fingerprint density at radius 2 is 1.49 bits per heavy atom. The number of β-amino-alcohol motifs (C(OH)–C–C–N with tert-alkyl or cyclic N) is 1. The molecule has 0 fully saturated rings. The lowest BCUT2D eigenvalue weighted by atomic mass is 10.1. The molecule has 0 bridgehead atoms. The minimum atomic E-state index is -4.25. The number of hydrogen-bond acceptors (Lipinski definition) is 9. The van der Waals surface area contributed by atoms with E-state index in [1.54, 1.807) is 34.6 Å². The van der Waals surface area contributed by atoms with Gasteiger partial charge in [0.05, 0.1) is 25.8 Å².